The van der Waals surface area contributed by atoms with Crippen molar-refractivity contribution in [2.45, 2.75) is 6.92 Å². The van der Waals surface area contributed by atoms with Crippen molar-refractivity contribution >= 4 is 51.3 Å². The third-order valence-corrected chi connectivity index (χ3v) is 5.97. The fraction of sp³-hybridized carbons (Fsp3) is 0.0556. The van der Waals surface area contributed by atoms with Gasteiger partial charge >= 0.3 is 5.97 Å². The number of halogens is 2. The monoisotopic (exact) mass is 438 g/mol. The molecule has 7 nitrogen and oxygen atoms in total. The van der Waals surface area contributed by atoms with E-state index in [1.807, 2.05) is 0 Å². The number of rotatable bonds is 5. The largest absolute Gasteiger partial charge is 0.618 e. The number of nitrogens with one attached hydrogen (secondary N) is 1. The van der Waals surface area contributed by atoms with E-state index in [-0.39, 0.29) is 36.3 Å². The second-order valence-corrected chi connectivity index (χ2v) is 7.76. The Morgan fingerprint density at radius 1 is 1.24 bits per heavy atom. The SMILES string of the molecule is C=[N+]([O-])c1cc(O)c(C(=O)Nc2scc(-c3ccc(C)c(F)c3F)c2C(=O)O)s1. The summed E-state index contributed by atoms with van der Waals surface area (Å²) in [5.41, 5.74) is -0.727. The maximum absolute atomic E-state index is 14.3. The number of carbonyl (C=O) groups excluding carboxylic acids is 1. The van der Waals surface area contributed by atoms with E-state index in [0.717, 1.165) is 17.4 Å². The number of anilines is 1. The summed E-state index contributed by atoms with van der Waals surface area (Å²) in [4.78, 5) is 24.0. The van der Waals surface area contributed by atoms with Crippen LogP contribution in [0.25, 0.3) is 11.1 Å². The average molecular weight is 438 g/mol. The van der Waals surface area contributed by atoms with Gasteiger partial charge in [0, 0.05) is 16.5 Å². The molecular weight excluding hydrogens is 426 g/mol. The molecule has 0 spiro atoms. The molecule has 0 saturated heterocycles. The third kappa shape index (κ3) is 3.69. The molecule has 0 saturated carbocycles. The molecule has 0 unspecified atom stereocenters. The summed E-state index contributed by atoms with van der Waals surface area (Å²) in [6.45, 7) is 4.48. The first kappa shape index (κ1) is 20.4. The summed E-state index contributed by atoms with van der Waals surface area (Å²) in [6.07, 6.45) is 0. The van der Waals surface area contributed by atoms with Crippen molar-refractivity contribution in [2.24, 2.45) is 0 Å². The number of benzene rings is 1. The maximum atomic E-state index is 14.3. The number of aromatic hydroxyl groups is 1. The van der Waals surface area contributed by atoms with Crippen molar-refractivity contribution in [3.63, 3.8) is 0 Å². The summed E-state index contributed by atoms with van der Waals surface area (Å²) in [5, 5.41) is 34.0. The van der Waals surface area contributed by atoms with Crippen LogP contribution < -0.4 is 5.32 Å². The second-order valence-electron chi connectivity index (χ2n) is 5.85. The van der Waals surface area contributed by atoms with Crippen molar-refractivity contribution in [1.82, 2.24) is 0 Å². The van der Waals surface area contributed by atoms with Gasteiger partial charge in [0.15, 0.2) is 11.6 Å². The lowest BCUT2D eigenvalue weighted by molar-refractivity contribution is -0.345. The van der Waals surface area contributed by atoms with Gasteiger partial charge in [0.25, 0.3) is 10.9 Å². The molecule has 1 aromatic carbocycles. The topological polar surface area (TPSA) is 113 Å². The van der Waals surface area contributed by atoms with E-state index < -0.39 is 34.8 Å². The molecule has 2 aromatic heterocycles. The highest BCUT2D eigenvalue weighted by Crippen LogP contribution is 2.39. The normalized spacial score (nSPS) is 10.7. The number of carboxylic acids is 1. The standard InChI is InChI=1S/C18H12F2N2O5S2/c1-7-3-4-8(14(20)13(7)19)9-6-28-17(12(9)18(25)26)21-16(24)15-10(23)5-11(29-15)22(2)27/h3-6,23H,2H2,1H3,(H,21,24)(H,25,26). The van der Waals surface area contributed by atoms with E-state index in [4.69, 9.17) is 0 Å². The quantitative estimate of drug-likeness (QED) is 0.234. The van der Waals surface area contributed by atoms with E-state index in [1.165, 1.54) is 24.4 Å². The molecule has 0 aliphatic heterocycles. The van der Waals surface area contributed by atoms with Crippen LogP contribution in [0.1, 0.15) is 25.6 Å². The van der Waals surface area contributed by atoms with Gasteiger partial charge in [-0.2, -0.15) is 4.74 Å². The number of aryl methyl sites for hydroxylation is 1. The van der Waals surface area contributed by atoms with Crippen LogP contribution in [0.15, 0.2) is 23.6 Å². The van der Waals surface area contributed by atoms with E-state index in [1.54, 1.807) is 0 Å². The van der Waals surface area contributed by atoms with Crippen LogP contribution >= 0.6 is 22.7 Å². The number of hydrogen-bond donors (Lipinski definition) is 3. The molecule has 3 N–H and O–H groups in total. The third-order valence-electron chi connectivity index (χ3n) is 3.95. The van der Waals surface area contributed by atoms with Gasteiger partial charge < -0.3 is 20.7 Å². The number of amides is 1. The van der Waals surface area contributed by atoms with Gasteiger partial charge in [0.1, 0.15) is 27.9 Å². The highest BCUT2D eigenvalue weighted by molar-refractivity contribution is 7.18. The fourth-order valence-corrected chi connectivity index (χ4v) is 4.26. The average Bonchev–Trinajstić information content (AvgIpc) is 3.23. The van der Waals surface area contributed by atoms with E-state index in [2.05, 4.69) is 12.0 Å². The van der Waals surface area contributed by atoms with Crippen molar-refractivity contribution in [1.29, 1.82) is 0 Å². The van der Waals surface area contributed by atoms with Crippen molar-refractivity contribution < 1.29 is 33.3 Å². The number of carbonyl (C=O) groups is 2. The number of carboxylic acid groups (broad SMARTS) is 1. The molecule has 150 valence electrons. The lowest BCUT2D eigenvalue weighted by Gasteiger charge is -2.07. The number of aromatic carboxylic acids is 1. The Morgan fingerprint density at radius 2 is 1.93 bits per heavy atom. The minimum atomic E-state index is -1.46. The lowest BCUT2D eigenvalue weighted by Crippen LogP contribution is -2.12. The minimum absolute atomic E-state index is 0.0322. The minimum Gasteiger partial charge on any atom is -0.618 e. The van der Waals surface area contributed by atoms with Crippen molar-refractivity contribution in [2.75, 3.05) is 5.32 Å². The van der Waals surface area contributed by atoms with Crippen molar-refractivity contribution in [3.8, 4) is 16.9 Å². The van der Waals surface area contributed by atoms with Crippen LogP contribution in [0.5, 0.6) is 5.75 Å². The van der Waals surface area contributed by atoms with Crippen LogP contribution in [-0.4, -0.2) is 33.5 Å². The Hall–Kier alpha value is -3.31. The Morgan fingerprint density at radius 3 is 2.52 bits per heavy atom. The lowest BCUT2D eigenvalue weighted by atomic mass is 10.0. The van der Waals surface area contributed by atoms with Gasteiger partial charge in [-0.05, 0) is 12.5 Å². The first-order valence-corrected chi connectivity index (χ1v) is 9.53. The summed E-state index contributed by atoms with van der Waals surface area (Å²) in [7, 11) is 0. The molecule has 3 aromatic rings. The van der Waals surface area contributed by atoms with Gasteiger partial charge in [-0.3, -0.25) is 4.79 Å². The maximum Gasteiger partial charge on any atom is 0.339 e. The Bertz CT molecular complexity index is 1170. The highest BCUT2D eigenvalue weighted by atomic mass is 32.1. The molecule has 0 aliphatic carbocycles. The Labute approximate surface area is 170 Å². The first-order chi connectivity index (χ1) is 13.6. The van der Waals surface area contributed by atoms with Gasteiger partial charge in [-0.15, -0.1) is 11.3 Å². The van der Waals surface area contributed by atoms with Gasteiger partial charge in [0.2, 0.25) is 0 Å². The number of nitrogens with zero attached hydrogens (tertiary/aromatic N) is 1. The summed E-state index contributed by atoms with van der Waals surface area (Å²) >= 11 is 1.45. The van der Waals surface area contributed by atoms with Crippen LogP contribution in [-0.2, 0) is 0 Å². The Balaban J connectivity index is 2.02. The zero-order chi connectivity index (χ0) is 21.5. The molecule has 0 aliphatic rings. The van der Waals surface area contributed by atoms with E-state index in [9.17, 15) is 33.8 Å². The zero-order valence-corrected chi connectivity index (χ0v) is 16.3. The van der Waals surface area contributed by atoms with Gasteiger partial charge in [-0.25, -0.2) is 13.6 Å². The molecule has 11 heteroatoms. The van der Waals surface area contributed by atoms with Crippen LogP contribution in [0.3, 0.4) is 0 Å². The molecule has 1 amide bonds. The summed E-state index contributed by atoms with van der Waals surface area (Å²) in [5.74, 6) is -5.10. The van der Waals surface area contributed by atoms with Crippen LogP contribution in [0.2, 0.25) is 0 Å². The van der Waals surface area contributed by atoms with Crippen LogP contribution in [0.4, 0.5) is 18.8 Å². The molecule has 29 heavy (non-hydrogen) atoms. The van der Waals surface area contributed by atoms with Crippen LogP contribution in [0, 0.1) is 23.8 Å². The molecule has 0 fully saturated rings. The molecule has 3 rings (SSSR count). The molecular formula is C18H12F2N2O5S2. The number of thiophene rings is 2. The predicted molar refractivity (Wildman–Crippen MR) is 106 cm³/mol. The Kier molecular flexibility index (Phi) is 5.36. The molecule has 0 bridgehead atoms. The first-order valence-electron chi connectivity index (χ1n) is 7.83. The second kappa shape index (κ2) is 7.60. The van der Waals surface area contributed by atoms with Crippen molar-refractivity contribution in [3.05, 3.63) is 56.4 Å². The number of hydrogen-bond acceptors (Lipinski definition) is 6. The predicted octanol–water partition coefficient (Wildman–Crippen LogP) is 4.56. The molecule has 0 atom stereocenters. The molecule has 0 radical (unpaired) electrons. The molecule has 2 heterocycles. The van der Waals surface area contributed by atoms with Gasteiger partial charge in [0.05, 0.1) is 6.07 Å². The van der Waals surface area contributed by atoms with E-state index in [0.29, 0.717) is 11.3 Å². The highest BCUT2D eigenvalue weighted by Gasteiger charge is 2.26. The fourth-order valence-electron chi connectivity index (χ4n) is 2.53. The smallest absolute Gasteiger partial charge is 0.339 e. The van der Waals surface area contributed by atoms with E-state index >= 15 is 0 Å². The van der Waals surface area contributed by atoms with Gasteiger partial charge in [-0.1, -0.05) is 23.5 Å². The summed E-state index contributed by atoms with van der Waals surface area (Å²) < 4.78 is 28.5. The zero-order valence-electron chi connectivity index (χ0n) is 14.7. The summed E-state index contributed by atoms with van der Waals surface area (Å²) in [6, 6.07) is 3.61.